The number of aromatic nitrogens is 1. The molecular formula is C15H17NO4. The molecular weight excluding hydrogens is 258 g/mol. The summed E-state index contributed by atoms with van der Waals surface area (Å²) in [5.74, 6) is -0.326. The first kappa shape index (κ1) is 14.3. The molecule has 0 aliphatic heterocycles. The summed E-state index contributed by atoms with van der Waals surface area (Å²) in [4.78, 5) is 15.3. The van der Waals surface area contributed by atoms with Gasteiger partial charge in [0.15, 0.2) is 5.69 Å². The van der Waals surface area contributed by atoms with Gasteiger partial charge in [0, 0.05) is 25.2 Å². The van der Waals surface area contributed by atoms with Crippen LogP contribution in [0.1, 0.15) is 29.6 Å². The molecule has 0 saturated heterocycles. The van der Waals surface area contributed by atoms with E-state index in [1.165, 1.54) is 0 Å². The number of benzene rings is 1. The first-order valence-electron chi connectivity index (χ1n) is 6.58. The maximum atomic E-state index is 11.2. The minimum atomic E-state index is -1.07. The van der Waals surface area contributed by atoms with Crippen LogP contribution >= 0.6 is 0 Å². The molecule has 0 aliphatic rings. The van der Waals surface area contributed by atoms with Gasteiger partial charge in [0.2, 0.25) is 5.89 Å². The summed E-state index contributed by atoms with van der Waals surface area (Å²) in [5, 5.41) is 9.17. The van der Waals surface area contributed by atoms with Crippen LogP contribution in [-0.2, 0) is 11.2 Å². The van der Waals surface area contributed by atoms with Crippen molar-refractivity contribution in [2.24, 2.45) is 0 Å². The van der Waals surface area contributed by atoms with Gasteiger partial charge in [-0.25, -0.2) is 9.78 Å². The van der Waals surface area contributed by atoms with Crippen LogP contribution in [0.5, 0.6) is 0 Å². The zero-order valence-electron chi connectivity index (χ0n) is 11.3. The lowest BCUT2D eigenvalue weighted by atomic mass is 10.2. The third kappa shape index (κ3) is 3.45. The third-order valence-electron chi connectivity index (χ3n) is 2.82. The van der Waals surface area contributed by atoms with Gasteiger partial charge in [-0.3, -0.25) is 0 Å². The van der Waals surface area contributed by atoms with Gasteiger partial charge in [-0.15, -0.1) is 0 Å². The normalized spacial score (nSPS) is 10.7. The Morgan fingerprint density at radius 2 is 2.10 bits per heavy atom. The molecule has 0 saturated carbocycles. The van der Waals surface area contributed by atoms with Crippen molar-refractivity contribution in [2.45, 2.75) is 19.8 Å². The van der Waals surface area contributed by atoms with E-state index in [1.54, 1.807) is 0 Å². The van der Waals surface area contributed by atoms with E-state index in [0.717, 1.165) is 5.56 Å². The Bertz CT molecular complexity index is 563. The Balaban J connectivity index is 2.18. The summed E-state index contributed by atoms with van der Waals surface area (Å²) in [6.07, 6.45) is 1.21. The molecule has 1 aromatic carbocycles. The number of carboxylic acid groups (broad SMARTS) is 1. The number of carbonyl (C=O) groups is 1. The highest BCUT2D eigenvalue weighted by Crippen LogP contribution is 2.22. The molecule has 1 N–H and O–H groups in total. The first-order chi connectivity index (χ1) is 9.72. The van der Waals surface area contributed by atoms with E-state index in [9.17, 15) is 9.90 Å². The zero-order chi connectivity index (χ0) is 14.4. The van der Waals surface area contributed by atoms with Gasteiger partial charge >= 0.3 is 5.97 Å². The van der Waals surface area contributed by atoms with Crippen LogP contribution in [0.25, 0.3) is 11.5 Å². The zero-order valence-corrected chi connectivity index (χ0v) is 11.3. The molecule has 5 nitrogen and oxygen atoms in total. The van der Waals surface area contributed by atoms with Crippen LogP contribution in [0, 0.1) is 0 Å². The lowest BCUT2D eigenvalue weighted by Crippen LogP contribution is -2.03. The number of oxazole rings is 1. The number of aromatic carboxylic acids is 1. The monoisotopic (exact) mass is 275 g/mol. The molecule has 0 spiro atoms. The largest absolute Gasteiger partial charge is 0.476 e. The topological polar surface area (TPSA) is 72.6 Å². The van der Waals surface area contributed by atoms with Crippen molar-refractivity contribution >= 4 is 5.97 Å². The number of hydrogen-bond acceptors (Lipinski definition) is 4. The van der Waals surface area contributed by atoms with Crippen LogP contribution in [0.4, 0.5) is 0 Å². The Hall–Kier alpha value is -2.14. The van der Waals surface area contributed by atoms with Crippen molar-refractivity contribution in [1.82, 2.24) is 4.98 Å². The predicted octanol–water partition coefficient (Wildman–Crippen LogP) is 3.01. The SMILES string of the molecule is CCOCCCc1oc(-c2ccccc2)nc1C(=O)O. The minimum absolute atomic E-state index is 0.0136. The number of rotatable bonds is 7. The molecule has 1 heterocycles. The van der Waals surface area contributed by atoms with Crippen molar-refractivity contribution in [3.05, 3.63) is 41.8 Å². The van der Waals surface area contributed by atoms with Crippen LogP contribution in [0.15, 0.2) is 34.7 Å². The maximum absolute atomic E-state index is 11.2. The van der Waals surface area contributed by atoms with Crippen LogP contribution < -0.4 is 0 Å². The van der Waals surface area contributed by atoms with Crippen molar-refractivity contribution in [3.63, 3.8) is 0 Å². The summed E-state index contributed by atoms with van der Waals surface area (Å²) < 4.78 is 10.8. The van der Waals surface area contributed by atoms with Gasteiger partial charge in [0.05, 0.1) is 0 Å². The lowest BCUT2D eigenvalue weighted by molar-refractivity contribution is 0.0688. The number of carboxylic acids is 1. The van der Waals surface area contributed by atoms with E-state index in [1.807, 2.05) is 37.3 Å². The van der Waals surface area contributed by atoms with E-state index < -0.39 is 5.97 Å². The molecule has 0 unspecified atom stereocenters. The van der Waals surface area contributed by atoms with Gasteiger partial charge in [-0.05, 0) is 25.5 Å². The summed E-state index contributed by atoms with van der Waals surface area (Å²) in [7, 11) is 0. The predicted molar refractivity (Wildman–Crippen MR) is 73.7 cm³/mol. The summed E-state index contributed by atoms with van der Waals surface area (Å²) in [6, 6.07) is 9.26. The fraction of sp³-hybridized carbons (Fsp3) is 0.333. The molecule has 0 radical (unpaired) electrons. The minimum Gasteiger partial charge on any atom is -0.476 e. The molecule has 5 heteroatoms. The second-order valence-corrected chi connectivity index (χ2v) is 4.26. The van der Waals surface area contributed by atoms with Gasteiger partial charge in [-0.2, -0.15) is 0 Å². The molecule has 20 heavy (non-hydrogen) atoms. The first-order valence-corrected chi connectivity index (χ1v) is 6.58. The molecule has 2 aromatic rings. The molecule has 2 rings (SSSR count). The third-order valence-corrected chi connectivity index (χ3v) is 2.82. The molecule has 0 fully saturated rings. The van der Waals surface area contributed by atoms with Gasteiger partial charge in [-0.1, -0.05) is 18.2 Å². The Morgan fingerprint density at radius 3 is 2.75 bits per heavy atom. The van der Waals surface area contributed by atoms with E-state index in [4.69, 9.17) is 9.15 Å². The average molecular weight is 275 g/mol. The molecule has 0 amide bonds. The quantitative estimate of drug-likeness (QED) is 0.786. The standard InChI is InChI=1S/C15H17NO4/c1-2-19-10-6-9-12-13(15(17)18)16-14(20-12)11-7-4-3-5-8-11/h3-5,7-8H,2,6,9-10H2,1H3,(H,17,18). The van der Waals surface area contributed by atoms with E-state index in [2.05, 4.69) is 4.98 Å². The van der Waals surface area contributed by atoms with Crippen molar-refractivity contribution in [3.8, 4) is 11.5 Å². The fourth-order valence-corrected chi connectivity index (χ4v) is 1.87. The number of hydrogen-bond donors (Lipinski definition) is 1. The Labute approximate surface area is 117 Å². The van der Waals surface area contributed by atoms with Gasteiger partial charge in [0.25, 0.3) is 0 Å². The molecule has 0 aliphatic carbocycles. The van der Waals surface area contributed by atoms with E-state index in [-0.39, 0.29) is 5.69 Å². The number of aryl methyl sites for hydroxylation is 1. The summed E-state index contributed by atoms with van der Waals surface area (Å²) >= 11 is 0. The Morgan fingerprint density at radius 1 is 1.35 bits per heavy atom. The lowest BCUT2D eigenvalue weighted by Gasteiger charge is -1.99. The molecule has 1 aromatic heterocycles. The van der Waals surface area contributed by atoms with Crippen LogP contribution in [0.3, 0.4) is 0 Å². The summed E-state index contributed by atoms with van der Waals surface area (Å²) in [6.45, 7) is 3.15. The highest BCUT2D eigenvalue weighted by atomic mass is 16.5. The smallest absolute Gasteiger partial charge is 0.358 e. The van der Waals surface area contributed by atoms with Crippen molar-refractivity contribution in [1.29, 1.82) is 0 Å². The number of nitrogens with zero attached hydrogens (tertiary/aromatic N) is 1. The van der Waals surface area contributed by atoms with Gasteiger partial charge < -0.3 is 14.3 Å². The maximum Gasteiger partial charge on any atom is 0.358 e. The molecule has 106 valence electrons. The summed E-state index contributed by atoms with van der Waals surface area (Å²) in [5.41, 5.74) is 0.756. The fourth-order valence-electron chi connectivity index (χ4n) is 1.87. The molecule has 0 bridgehead atoms. The van der Waals surface area contributed by atoms with E-state index in [0.29, 0.717) is 37.7 Å². The van der Waals surface area contributed by atoms with Gasteiger partial charge in [0.1, 0.15) is 5.76 Å². The van der Waals surface area contributed by atoms with E-state index >= 15 is 0 Å². The van der Waals surface area contributed by atoms with Crippen molar-refractivity contribution in [2.75, 3.05) is 13.2 Å². The second-order valence-electron chi connectivity index (χ2n) is 4.26. The average Bonchev–Trinajstić information content (AvgIpc) is 2.89. The number of ether oxygens (including phenoxy) is 1. The highest BCUT2D eigenvalue weighted by Gasteiger charge is 2.19. The van der Waals surface area contributed by atoms with Crippen LogP contribution in [-0.4, -0.2) is 29.3 Å². The Kier molecular flexibility index (Phi) is 4.90. The highest BCUT2D eigenvalue weighted by molar-refractivity contribution is 5.87. The van der Waals surface area contributed by atoms with Crippen molar-refractivity contribution < 1.29 is 19.1 Å². The van der Waals surface area contributed by atoms with Crippen LogP contribution in [0.2, 0.25) is 0 Å². The second kappa shape index (κ2) is 6.86. The molecule has 0 atom stereocenters.